The molecule has 4 heteroatoms. The molecule has 0 radical (unpaired) electrons. The fraction of sp³-hybridized carbons (Fsp3) is 0.350. The van der Waals surface area contributed by atoms with Crippen molar-refractivity contribution < 1.29 is 4.79 Å². The molecule has 0 aromatic heterocycles. The van der Waals surface area contributed by atoms with Gasteiger partial charge in [0.2, 0.25) is 0 Å². The molecule has 0 amide bonds. The van der Waals surface area contributed by atoms with Crippen LogP contribution in [0.2, 0.25) is 5.02 Å². The molecule has 124 valence electrons. The normalized spacial score (nSPS) is 11.3. The zero-order chi connectivity index (χ0) is 17.1. The first-order valence-corrected chi connectivity index (χ1v) is 9.39. The fourth-order valence-electron chi connectivity index (χ4n) is 2.65. The van der Waals surface area contributed by atoms with Gasteiger partial charge in [-0.05, 0) is 55.4 Å². The first-order chi connectivity index (χ1) is 10.8. The standard InChI is InChI=1S/C20H24ClOP.Li.H/c1-12(2)15-9-10-16(13(3)4)18(11-15)23-20(22)19-14(5)7-6-8-17(19)21;;/h6-13,23H,1-5H3;;. The molecular formula is C20H25ClLiOP. The van der Waals surface area contributed by atoms with Crippen LogP contribution in [0.3, 0.4) is 0 Å². The Kier molecular flexibility index (Phi) is 8.24. The van der Waals surface area contributed by atoms with Crippen LogP contribution in [0, 0.1) is 6.92 Å². The number of aryl methyl sites for hydroxylation is 1. The Labute approximate surface area is 164 Å². The third kappa shape index (κ3) is 4.97. The molecule has 1 nitrogen and oxygen atoms in total. The molecule has 0 heterocycles. The molecule has 0 fully saturated rings. The van der Waals surface area contributed by atoms with Crippen LogP contribution in [0.1, 0.15) is 66.6 Å². The Morgan fingerprint density at radius 1 is 1.04 bits per heavy atom. The van der Waals surface area contributed by atoms with Crippen molar-refractivity contribution in [3.63, 3.8) is 0 Å². The minimum atomic E-state index is 0. The third-order valence-electron chi connectivity index (χ3n) is 4.06. The van der Waals surface area contributed by atoms with E-state index >= 15 is 0 Å². The average molecular weight is 355 g/mol. The van der Waals surface area contributed by atoms with Crippen LogP contribution >= 0.6 is 20.2 Å². The summed E-state index contributed by atoms with van der Waals surface area (Å²) in [7, 11) is 0.106. The van der Waals surface area contributed by atoms with Gasteiger partial charge in [0, 0.05) is 5.56 Å². The van der Waals surface area contributed by atoms with Crippen molar-refractivity contribution in [1.82, 2.24) is 0 Å². The molecule has 0 aliphatic rings. The second kappa shape index (κ2) is 9.22. The van der Waals surface area contributed by atoms with E-state index in [0.29, 0.717) is 22.4 Å². The zero-order valence-corrected chi connectivity index (χ0v) is 16.2. The van der Waals surface area contributed by atoms with Gasteiger partial charge in [-0.2, -0.15) is 0 Å². The van der Waals surface area contributed by atoms with Crippen molar-refractivity contribution in [2.24, 2.45) is 0 Å². The number of hydrogen-bond acceptors (Lipinski definition) is 1. The Hall–Kier alpha value is -0.573. The number of benzene rings is 2. The maximum absolute atomic E-state index is 12.8. The van der Waals surface area contributed by atoms with Crippen molar-refractivity contribution in [2.45, 2.75) is 46.5 Å². The van der Waals surface area contributed by atoms with E-state index in [1.54, 1.807) is 6.07 Å². The quantitative estimate of drug-likeness (QED) is 0.519. The monoisotopic (exact) mass is 354 g/mol. The molecule has 2 aromatic rings. The van der Waals surface area contributed by atoms with E-state index in [-0.39, 0.29) is 33.0 Å². The summed E-state index contributed by atoms with van der Waals surface area (Å²) in [5.41, 5.74) is 4.26. The van der Waals surface area contributed by atoms with Crippen LogP contribution < -0.4 is 5.30 Å². The molecule has 0 spiro atoms. The van der Waals surface area contributed by atoms with Gasteiger partial charge in [0.1, 0.15) is 0 Å². The van der Waals surface area contributed by atoms with E-state index in [0.717, 1.165) is 10.9 Å². The van der Waals surface area contributed by atoms with E-state index < -0.39 is 0 Å². The SMILES string of the molecule is Cc1cccc(Cl)c1C(=O)Pc1cc(C(C)C)ccc1C(C)C.[LiH]. The van der Waals surface area contributed by atoms with Crippen molar-refractivity contribution in [2.75, 3.05) is 0 Å². The molecule has 0 saturated heterocycles. The van der Waals surface area contributed by atoms with Crippen molar-refractivity contribution in [3.05, 3.63) is 63.7 Å². The first kappa shape index (κ1) is 21.5. The number of halogens is 1. The topological polar surface area (TPSA) is 17.1 Å². The maximum atomic E-state index is 12.8. The molecule has 24 heavy (non-hydrogen) atoms. The van der Waals surface area contributed by atoms with Crippen LogP contribution in [0.4, 0.5) is 0 Å². The van der Waals surface area contributed by atoms with Gasteiger partial charge in [0.15, 0.2) is 5.52 Å². The Bertz CT molecular complexity index is 705. The van der Waals surface area contributed by atoms with E-state index in [4.69, 9.17) is 11.6 Å². The summed E-state index contributed by atoms with van der Waals surface area (Å²) in [4.78, 5) is 12.8. The summed E-state index contributed by atoms with van der Waals surface area (Å²) in [6.45, 7) is 10.6. The number of carbonyl (C=O) groups is 1. The van der Waals surface area contributed by atoms with Crippen LogP contribution in [-0.4, -0.2) is 24.4 Å². The second-order valence-corrected chi connectivity index (χ2v) is 8.19. The number of carbonyl (C=O) groups excluding carboxylic acids is 1. The van der Waals surface area contributed by atoms with E-state index in [2.05, 4.69) is 45.9 Å². The molecule has 1 atom stereocenters. The summed E-state index contributed by atoms with van der Waals surface area (Å²) < 4.78 is 0. The fourth-order valence-corrected chi connectivity index (χ4v) is 4.49. The number of rotatable bonds is 5. The van der Waals surface area contributed by atoms with Gasteiger partial charge < -0.3 is 0 Å². The predicted octanol–water partition coefficient (Wildman–Crippen LogP) is 5.39. The summed E-state index contributed by atoms with van der Waals surface area (Å²) in [5, 5.41) is 1.70. The molecule has 0 saturated carbocycles. The van der Waals surface area contributed by atoms with Crippen molar-refractivity contribution in [3.8, 4) is 0 Å². The van der Waals surface area contributed by atoms with Crippen LogP contribution in [-0.2, 0) is 0 Å². The summed E-state index contributed by atoms with van der Waals surface area (Å²) in [6, 6.07) is 12.2. The second-order valence-electron chi connectivity index (χ2n) is 6.54. The van der Waals surface area contributed by atoms with E-state index in [1.165, 1.54) is 11.1 Å². The summed E-state index contributed by atoms with van der Waals surface area (Å²) >= 11 is 6.26. The van der Waals surface area contributed by atoms with Gasteiger partial charge in [-0.1, -0.05) is 69.6 Å². The van der Waals surface area contributed by atoms with Gasteiger partial charge >= 0.3 is 18.9 Å². The van der Waals surface area contributed by atoms with Crippen LogP contribution in [0.15, 0.2) is 36.4 Å². The van der Waals surface area contributed by atoms with Gasteiger partial charge in [0.25, 0.3) is 0 Å². The molecule has 2 aromatic carbocycles. The minimum absolute atomic E-state index is 0. The molecule has 0 aliphatic carbocycles. The van der Waals surface area contributed by atoms with Crippen molar-refractivity contribution in [1.29, 1.82) is 0 Å². The Morgan fingerprint density at radius 2 is 1.71 bits per heavy atom. The van der Waals surface area contributed by atoms with E-state index in [1.807, 2.05) is 19.1 Å². The first-order valence-electron chi connectivity index (χ1n) is 8.01. The molecular weight excluding hydrogens is 330 g/mol. The molecule has 2 rings (SSSR count). The Balaban J connectivity index is 0.00000288. The van der Waals surface area contributed by atoms with Gasteiger partial charge in [0.05, 0.1) is 5.02 Å². The predicted molar refractivity (Wildman–Crippen MR) is 110 cm³/mol. The van der Waals surface area contributed by atoms with Crippen LogP contribution in [0.25, 0.3) is 0 Å². The molecule has 0 N–H and O–H groups in total. The van der Waals surface area contributed by atoms with Crippen LogP contribution in [0.5, 0.6) is 0 Å². The summed E-state index contributed by atoms with van der Waals surface area (Å²) in [5.74, 6) is 0.857. The van der Waals surface area contributed by atoms with Gasteiger partial charge in [-0.25, -0.2) is 0 Å². The summed E-state index contributed by atoms with van der Waals surface area (Å²) in [6.07, 6.45) is 0. The van der Waals surface area contributed by atoms with Gasteiger partial charge in [-0.15, -0.1) is 0 Å². The van der Waals surface area contributed by atoms with Gasteiger partial charge in [-0.3, -0.25) is 4.79 Å². The average Bonchev–Trinajstić information content (AvgIpc) is 2.46. The zero-order valence-electron chi connectivity index (χ0n) is 14.4. The molecule has 0 aliphatic heterocycles. The third-order valence-corrected chi connectivity index (χ3v) is 5.56. The molecule has 1 unspecified atom stereocenters. The number of hydrogen-bond donors (Lipinski definition) is 0. The van der Waals surface area contributed by atoms with E-state index in [9.17, 15) is 4.79 Å². The van der Waals surface area contributed by atoms with Crippen molar-refractivity contribution >= 4 is 49.9 Å². The molecule has 0 bridgehead atoms. The Morgan fingerprint density at radius 3 is 2.25 bits per heavy atom.